The van der Waals surface area contributed by atoms with Crippen LogP contribution >= 0.6 is 35.0 Å². The topological polar surface area (TPSA) is 28.5 Å². The summed E-state index contributed by atoms with van der Waals surface area (Å²) in [4.78, 5) is 17.4. The minimum absolute atomic E-state index is 0.0936. The first kappa shape index (κ1) is 20.6. The van der Waals surface area contributed by atoms with Crippen LogP contribution in [0.15, 0.2) is 30.5 Å². The van der Waals surface area contributed by atoms with Crippen LogP contribution in [0, 0.1) is 0 Å². The summed E-state index contributed by atoms with van der Waals surface area (Å²) in [5.41, 5.74) is 2.96. The minimum Gasteiger partial charge on any atom is -0.349 e. The highest BCUT2D eigenvalue weighted by atomic mass is 35.5. The summed E-state index contributed by atoms with van der Waals surface area (Å²) in [6.45, 7) is 3.14. The number of carbonyl (C=O) groups is 1. The third-order valence-corrected chi connectivity index (χ3v) is 6.39. The molecule has 27 heavy (non-hydrogen) atoms. The van der Waals surface area contributed by atoms with Crippen LogP contribution in [0.5, 0.6) is 0 Å². The zero-order valence-electron chi connectivity index (χ0n) is 15.8. The molecule has 0 radical (unpaired) electrons. The zero-order valence-corrected chi connectivity index (χ0v) is 18.1. The van der Waals surface area contributed by atoms with Gasteiger partial charge in [-0.25, -0.2) is 0 Å². The van der Waals surface area contributed by atoms with E-state index >= 15 is 0 Å². The van der Waals surface area contributed by atoms with Crippen LogP contribution < -0.4 is 0 Å². The molecule has 1 aliphatic heterocycles. The molecular formula is C20H25Cl2N3OS. The molecule has 0 bridgehead atoms. The van der Waals surface area contributed by atoms with E-state index in [9.17, 15) is 4.79 Å². The number of benzene rings is 1. The first-order chi connectivity index (χ1) is 13.0. The second-order valence-electron chi connectivity index (χ2n) is 7.05. The Kier molecular flexibility index (Phi) is 7.15. The molecule has 4 nitrogen and oxygen atoms in total. The van der Waals surface area contributed by atoms with Gasteiger partial charge in [-0.3, -0.25) is 4.79 Å². The van der Waals surface area contributed by atoms with Crippen molar-refractivity contribution in [1.82, 2.24) is 14.4 Å². The molecule has 0 spiro atoms. The number of aryl methyl sites for hydroxylation is 1. The molecule has 0 unspecified atom stereocenters. The van der Waals surface area contributed by atoms with Crippen molar-refractivity contribution in [3.63, 3.8) is 0 Å². The highest BCUT2D eigenvalue weighted by Gasteiger charge is 2.23. The van der Waals surface area contributed by atoms with Crippen molar-refractivity contribution in [3.05, 3.63) is 57.3 Å². The second kappa shape index (κ2) is 9.37. The molecule has 0 saturated heterocycles. The van der Waals surface area contributed by atoms with Crippen molar-refractivity contribution < 1.29 is 4.79 Å². The first-order valence-corrected chi connectivity index (χ1v) is 11.0. The summed E-state index contributed by atoms with van der Waals surface area (Å²) in [6.07, 6.45) is 2.96. The maximum atomic E-state index is 13.3. The van der Waals surface area contributed by atoms with Gasteiger partial charge in [0.25, 0.3) is 5.91 Å². The van der Waals surface area contributed by atoms with Crippen LogP contribution in [0.4, 0.5) is 0 Å². The maximum absolute atomic E-state index is 13.3. The molecule has 3 rings (SSSR count). The molecule has 0 fully saturated rings. The van der Waals surface area contributed by atoms with E-state index in [0.29, 0.717) is 23.1 Å². The monoisotopic (exact) mass is 425 g/mol. The fourth-order valence-corrected chi connectivity index (χ4v) is 4.57. The quantitative estimate of drug-likeness (QED) is 0.646. The van der Waals surface area contributed by atoms with Gasteiger partial charge in [0.1, 0.15) is 0 Å². The van der Waals surface area contributed by atoms with E-state index in [1.54, 1.807) is 6.07 Å². The Bertz CT molecular complexity index is 807. The number of carbonyl (C=O) groups excluding carboxylic acids is 1. The highest BCUT2D eigenvalue weighted by molar-refractivity contribution is 7.98. The predicted octanol–water partition coefficient (Wildman–Crippen LogP) is 4.64. The number of aromatic nitrogens is 1. The average molecular weight is 426 g/mol. The number of thioether (sulfide) groups is 1. The summed E-state index contributed by atoms with van der Waals surface area (Å²) in [5, 5.41) is 1.05. The van der Waals surface area contributed by atoms with Crippen LogP contribution in [0.25, 0.3) is 0 Å². The van der Waals surface area contributed by atoms with Crippen molar-refractivity contribution in [1.29, 1.82) is 0 Å². The molecule has 1 aliphatic rings. The number of hydrogen-bond donors (Lipinski definition) is 0. The summed E-state index contributed by atoms with van der Waals surface area (Å²) in [6, 6.07) is 7.54. The van der Waals surface area contributed by atoms with Crippen LogP contribution in [-0.4, -0.2) is 53.2 Å². The lowest BCUT2D eigenvalue weighted by atomic mass is 10.1. The number of hydrogen-bond acceptors (Lipinski definition) is 3. The van der Waals surface area contributed by atoms with E-state index in [0.717, 1.165) is 47.8 Å². The normalized spacial score (nSPS) is 13.7. The Balaban J connectivity index is 1.80. The Morgan fingerprint density at radius 1 is 1.19 bits per heavy atom. The van der Waals surface area contributed by atoms with Gasteiger partial charge >= 0.3 is 0 Å². The molecule has 1 aromatic carbocycles. The lowest BCUT2D eigenvalue weighted by molar-refractivity contribution is 0.0736. The van der Waals surface area contributed by atoms with Crippen molar-refractivity contribution in [2.45, 2.75) is 25.3 Å². The summed E-state index contributed by atoms with van der Waals surface area (Å²) >= 11 is 14.1. The lowest BCUT2D eigenvalue weighted by Gasteiger charge is -2.25. The smallest absolute Gasteiger partial charge is 0.256 e. The molecule has 2 aromatic rings. The van der Waals surface area contributed by atoms with Crippen molar-refractivity contribution >= 4 is 40.9 Å². The summed E-state index contributed by atoms with van der Waals surface area (Å²) < 4.78 is 2.21. The molecule has 0 saturated carbocycles. The van der Waals surface area contributed by atoms with Gasteiger partial charge < -0.3 is 14.4 Å². The number of fused-ring (bicyclic) bond motifs is 1. The van der Waals surface area contributed by atoms with Gasteiger partial charge in [0, 0.05) is 43.0 Å². The Labute approximate surface area is 175 Å². The summed E-state index contributed by atoms with van der Waals surface area (Å²) in [5.74, 6) is 2.09. The van der Waals surface area contributed by atoms with E-state index < -0.39 is 0 Å². The molecule has 0 N–H and O–H groups in total. The Morgan fingerprint density at radius 2 is 2.00 bits per heavy atom. The fraction of sp³-hybridized carbons (Fsp3) is 0.450. The van der Waals surface area contributed by atoms with Gasteiger partial charge in [0.2, 0.25) is 0 Å². The van der Waals surface area contributed by atoms with Gasteiger partial charge in [-0.05, 0) is 50.8 Å². The molecule has 2 heterocycles. The fourth-order valence-electron chi connectivity index (χ4n) is 3.26. The number of nitrogens with zero attached hydrogens (tertiary/aromatic N) is 3. The third-order valence-electron chi connectivity index (χ3n) is 4.70. The predicted molar refractivity (Wildman–Crippen MR) is 115 cm³/mol. The van der Waals surface area contributed by atoms with E-state index in [-0.39, 0.29) is 5.91 Å². The van der Waals surface area contributed by atoms with E-state index in [2.05, 4.69) is 9.47 Å². The van der Waals surface area contributed by atoms with Crippen LogP contribution in [0.1, 0.15) is 28.0 Å². The number of rotatable bonds is 7. The third kappa shape index (κ3) is 5.23. The van der Waals surface area contributed by atoms with Gasteiger partial charge in [-0.15, -0.1) is 0 Å². The lowest BCUT2D eigenvalue weighted by Crippen LogP contribution is -2.33. The highest BCUT2D eigenvalue weighted by Crippen LogP contribution is 2.26. The van der Waals surface area contributed by atoms with E-state index in [4.69, 9.17) is 23.2 Å². The van der Waals surface area contributed by atoms with Crippen molar-refractivity contribution in [2.75, 3.05) is 32.9 Å². The van der Waals surface area contributed by atoms with Crippen LogP contribution in [0.3, 0.4) is 0 Å². The molecular weight excluding hydrogens is 401 g/mol. The van der Waals surface area contributed by atoms with Crippen LogP contribution in [-0.2, 0) is 18.8 Å². The molecule has 0 aliphatic carbocycles. The molecule has 0 atom stereocenters. The zero-order chi connectivity index (χ0) is 19.4. The van der Waals surface area contributed by atoms with Crippen LogP contribution in [0.2, 0.25) is 10.0 Å². The van der Waals surface area contributed by atoms with Gasteiger partial charge in [-0.1, -0.05) is 29.3 Å². The number of halogens is 2. The van der Waals surface area contributed by atoms with Crippen molar-refractivity contribution in [3.8, 4) is 0 Å². The molecule has 146 valence electrons. The average Bonchev–Trinajstić information content (AvgIpc) is 3.07. The van der Waals surface area contributed by atoms with Crippen molar-refractivity contribution in [2.24, 2.45) is 0 Å². The molecule has 7 heteroatoms. The molecule has 1 amide bonds. The standard InChI is InChI=1S/C20H25Cl2N3OS/c1-23(2)7-3-8-25(13-15-4-5-17(21)18(22)12-15)20(26)16-6-9-24-10-11-27-14-19(16)24/h4-6,9,12H,3,7-8,10-11,13-14H2,1-2H3. The second-order valence-corrected chi connectivity index (χ2v) is 8.97. The molecule has 1 aromatic heterocycles. The van der Waals surface area contributed by atoms with E-state index in [1.807, 2.05) is 55.2 Å². The SMILES string of the molecule is CN(C)CCCN(Cc1ccc(Cl)c(Cl)c1)C(=O)c1ccn2c1CSCC2. The minimum atomic E-state index is 0.0936. The van der Waals surface area contributed by atoms with Gasteiger partial charge in [0.05, 0.1) is 15.6 Å². The van der Waals surface area contributed by atoms with Gasteiger partial charge in [0.15, 0.2) is 0 Å². The maximum Gasteiger partial charge on any atom is 0.256 e. The number of amides is 1. The summed E-state index contributed by atoms with van der Waals surface area (Å²) in [7, 11) is 4.10. The van der Waals surface area contributed by atoms with E-state index in [1.165, 1.54) is 0 Å². The first-order valence-electron chi connectivity index (χ1n) is 9.09. The largest absolute Gasteiger partial charge is 0.349 e. The van der Waals surface area contributed by atoms with Gasteiger partial charge in [-0.2, -0.15) is 11.8 Å². The Hall–Kier alpha value is -1.14. The Morgan fingerprint density at radius 3 is 2.74 bits per heavy atom.